The van der Waals surface area contributed by atoms with E-state index in [-0.39, 0.29) is 11.1 Å². The molecule has 0 bridgehead atoms. The Kier molecular flexibility index (Phi) is 11.1. The molecule has 14 nitrogen and oxygen atoms in total. The third kappa shape index (κ3) is 7.49. The molecule has 0 saturated carbocycles. The number of fused-ring (bicyclic) bond motifs is 10. The zero-order valence-corrected chi connectivity index (χ0v) is 45.7. The van der Waals surface area contributed by atoms with E-state index < -0.39 is 0 Å². The number of hydrogen-bond donors (Lipinski definition) is 2. The van der Waals surface area contributed by atoms with E-state index in [1.165, 1.54) is 0 Å². The Morgan fingerprint density at radius 1 is 0.390 bits per heavy atom. The number of nitrogens with one attached hydrogen (secondary N) is 2. The van der Waals surface area contributed by atoms with Crippen LogP contribution < -0.4 is 50.5 Å². The standard InChI is InChI=1S/C68H52N8O6/c1-69-35-37-15-23-41(24-16-37)79-53-31-45-57-48(68(78)75-51-13-9-7-11-49(51)71-65(45)75)34-56(82-44-29-21-40(22-30-44)74(5)6)62-60-54(81-43-27-19-39(20-28-43)73(3)4)32-46-58-47(67(77)76-52-14-10-8-12-50(52)72-66(46)76)33-55(61(64(58)60)59(53)63(57)62)80-42-25-17-38(18-26-42)36-70-2/h7-34,69-70H,35-36H2,1-6H3. The molecule has 0 aliphatic rings. The summed E-state index contributed by atoms with van der Waals surface area (Å²) in [7, 11) is 11.8. The van der Waals surface area contributed by atoms with E-state index in [1.807, 2.05) is 222 Å². The molecule has 2 N–H and O–H groups in total. The van der Waals surface area contributed by atoms with Crippen LogP contribution in [0.15, 0.2) is 179 Å². The highest BCUT2D eigenvalue weighted by molar-refractivity contribution is 6.45. The summed E-state index contributed by atoms with van der Waals surface area (Å²) in [4.78, 5) is 46.1. The van der Waals surface area contributed by atoms with Gasteiger partial charge in [-0.2, -0.15) is 0 Å². The minimum atomic E-state index is -0.272. The molecule has 0 aliphatic carbocycles. The molecule has 15 rings (SSSR count). The molecule has 0 unspecified atom stereocenters. The molecule has 0 radical (unpaired) electrons. The highest BCUT2D eigenvalue weighted by Crippen LogP contribution is 2.57. The van der Waals surface area contributed by atoms with Crippen LogP contribution in [0.25, 0.3) is 98.0 Å². The minimum absolute atomic E-state index is 0.271. The number of rotatable bonds is 14. The van der Waals surface area contributed by atoms with Crippen LogP contribution in [0.3, 0.4) is 0 Å². The summed E-state index contributed by atoms with van der Waals surface area (Å²) in [5.41, 5.74) is 7.16. The lowest BCUT2D eigenvalue weighted by Gasteiger charge is -2.25. The Hall–Kier alpha value is -10.3. The topological polar surface area (TPSA) is 136 Å². The van der Waals surface area contributed by atoms with Gasteiger partial charge in [-0.05, 0) is 147 Å². The maximum absolute atomic E-state index is 15.8. The number of imidazole rings is 2. The maximum Gasteiger partial charge on any atom is 0.264 e. The Labute approximate surface area is 468 Å². The summed E-state index contributed by atoms with van der Waals surface area (Å²) >= 11 is 0. The van der Waals surface area contributed by atoms with Gasteiger partial charge in [0.15, 0.2) is 0 Å². The molecule has 400 valence electrons. The van der Waals surface area contributed by atoms with Gasteiger partial charge in [0.2, 0.25) is 0 Å². The molecule has 82 heavy (non-hydrogen) atoms. The number of anilines is 2. The molecule has 0 atom stereocenters. The van der Waals surface area contributed by atoms with Crippen molar-refractivity contribution in [1.82, 2.24) is 29.4 Å². The van der Waals surface area contributed by atoms with E-state index in [0.717, 1.165) is 22.5 Å². The fourth-order valence-electron chi connectivity index (χ4n) is 12.1. The highest BCUT2D eigenvalue weighted by Gasteiger charge is 2.33. The summed E-state index contributed by atoms with van der Waals surface area (Å²) in [6, 6.07) is 54.8. The van der Waals surface area contributed by atoms with Crippen molar-refractivity contribution >= 4 is 109 Å². The Balaban J connectivity index is 1.20. The molecule has 15 aromatic rings. The first-order valence-electron chi connectivity index (χ1n) is 27.2. The normalized spacial score (nSPS) is 12.1. The monoisotopic (exact) mass is 1080 g/mol. The molecular formula is C68H52N8O6. The highest BCUT2D eigenvalue weighted by atomic mass is 16.5. The van der Waals surface area contributed by atoms with E-state index in [9.17, 15) is 0 Å². The van der Waals surface area contributed by atoms with Gasteiger partial charge in [-0.25, -0.2) is 9.97 Å². The second-order valence-electron chi connectivity index (χ2n) is 21.4. The van der Waals surface area contributed by atoms with E-state index in [1.54, 1.807) is 8.80 Å². The second-order valence-corrected chi connectivity index (χ2v) is 21.4. The number of para-hydroxylation sites is 4. The number of nitrogens with zero attached hydrogens (tertiary/aromatic N) is 6. The molecule has 0 spiro atoms. The van der Waals surface area contributed by atoms with Gasteiger partial charge in [0.25, 0.3) is 11.1 Å². The summed E-state index contributed by atoms with van der Waals surface area (Å²) in [6.45, 7) is 1.32. The Morgan fingerprint density at radius 3 is 1.04 bits per heavy atom. The summed E-state index contributed by atoms with van der Waals surface area (Å²) in [5, 5.41) is 13.7. The molecule has 11 aromatic carbocycles. The van der Waals surface area contributed by atoms with Crippen LogP contribution in [-0.2, 0) is 13.1 Å². The molecule has 14 heteroatoms. The fraction of sp³-hybridized carbons (Fsp3) is 0.118. The molecular weight excluding hydrogens is 1020 g/mol. The SMILES string of the molecule is CNCc1ccc(Oc2cc3c(=O)n4c5ccccc5nc4c4cc(Oc5ccc(N(C)C)cc5)c5c6c(Oc7ccc(N(C)C)cc7)cc7c(=O)n8c9ccccc9nc8c8cc(Oc9ccc(CNC)cc9)c(c2c5c34)c6c78)cc1. The lowest BCUT2D eigenvalue weighted by molar-refractivity contribution is 0.483. The third-order valence-electron chi connectivity index (χ3n) is 15.9. The first kappa shape index (κ1) is 48.8. The van der Waals surface area contributed by atoms with Crippen LogP contribution in [0.1, 0.15) is 11.1 Å². The first-order chi connectivity index (χ1) is 40.0. The van der Waals surface area contributed by atoms with Crippen molar-refractivity contribution in [3.63, 3.8) is 0 Å². The molecule has 4 heterocycles. The summed E-state index contributed by atoms with van der Waals surface area (Å²) in [5.74, 6) is 3.86. The van der Waals surface area contributed by atoms with Crippen molar-refractivity contribution in [1.29, 1.82) is 0 Å². The maximum atomic E-state index is 15.8. The second kappa shape index (κ2) is 18.7. The lowest BCUT2D eigenvalue weighted by Crippen LogP contribution is -2.15. The van der Waals surface area contributed by atoms with Crippen molar-refractivity contribution in [2.24, 2.45) is 0 Å². The van der Waals surface area contributed by atoms with Crippen LogP contribution in [0.2, 0.25) is 0 Å². The van der Waals surface area contributed by atoms with Gasteiger partial charge in [0.1, 0.15) is 57.3 Å². The van der Waals surface area contributed by atoms with Gasteiger partial charge in [-0.15, -0.1) is 0 Å². The van der Waals surface area contributed by atoms with Crippen molar-refractivity contribution in [2.75, 3.05) is 52.1 Å². The van der Waals surface area contributed by atoms with Crippen LogP contribution in [-0.4, -0.2) is 61.1 Å². The van der Waals surface area contributed by atoms with Crippen molar-refractivity contribution in [2.45, 2.75) is 13.1 Å². The average molecular weight is 1080 g/mol. The van der Waals surface area contributed by atoms with Gasteiger partial charge in [0.05, 0.1) is 32.8 Å². The van der Waals surface area contributed by atoms with E-state index in [4.69, 9.17) is 28.9 Å². The van der Waals surface area contributed by atoms with Crippen LogP contribution in [0, 0.1) is 0 Å². The number of benzene rings is 11. The summed E-state index contributed by atoms with van der Waals surface area (Å²) in [6.07, 6.45) is 0. The number of hydrogen-bond acceptors (Lipinski definition) is 12. The quantitative estimate of drug-likeness (QED) is 0.0792. The van der Waals surface area contributed by atoms with Gasteiger partial charge < -0.3 is 39.4 Å². The third-order valence-corrected chi connectivity index (χ3v) is 15.9. The van der Waals surface area contributed by atoms with E-state index in [2.05, 4.69) is 10.6 Å². The smallest absolute Gasteiger partial charge is 0.264 e. The molecule has 0 saturated heterocycles. The van der Waals surface area contributed by atoms with Gasteiger partial charge in [0, 0.05) is 107 Å². The number of pyridine rings is 2. The van der Waals surface area contributed by atoms with Crippen LogP contribution in [0.5, 0.6) is 46.0 Å². The van der Waals surface area contributed by atoms with Crippen molar-refractivity contribution < 1.29 is 18.9 Å². The summed E-state index contributed by atoms with van der Waals surface area (Å²) < 4.78 is 32.6. The first-order valence-corrected chi connectivity index (χ1v) is 27.2. The van der Waals surface area contributed by atoms with Crippen LogP contribution in [0.4, 0.5) is 11.4 Å². The van der Waals surface area contributed by atoms with Gasteiger partial charge in [-0.3, -0.25) is 18.4 Å². The number of ether oxygens (including phenoxy) is 4. The molecule has 4 aromatic heterocycles. The van der Waals surface area contributed by atoms with Crippen LogP contribution >= 0.6 is 0 Å². The fourth-order valence-corrected chi connectivity index (χ4v) is 12.1. The zero-order valence-electron chi connectivity index (χ0n) is 45.7. The van der Waals surface area contributed by atoms with E-state index in [0.29, 0.717) is 157 Å². The van der Waals surface area contributed by atoms with Gasteiger partial charge >= 0.3 is 0 Å². The lowest BCUT2D eigenvalue weighted by atomic mass is 9.84. The average Bonchev–Trinajstić information content (AvgIpc) is 4.30. The molecule has 0 aliphatic heterocycles. The molecule has 0 amide bonds. The van der Waals surface area contributed by atoms with Gasteiger partial charge in [-0.1, -0.05) is 48.5 Å². The minimum Gasteiger partial charge on any atom is -0.457 e. The number of aromatic nitrogens is 4. The predicted molar refractivity (Wildman–Crippen MR) is 330 cm³/mol. The van der Waals surface area contributed by atoms with Crippen molar-refractivity contribution in [3.05, 3.63) is 202 Å². The largest absolute Gasteiger partial charge is 0.457 e. The Morgan fingerprint density at radius 2 is 0.707 bits per heavy atom. The molecule has 0 fully saturated rings. The van der Waals surface area contributed by atoms with E-state index >= 15 is 9.59 Å². The zero-order chi connectivity index (χ0) is 55.7. The Bertz CT molecular complexity index is 5120. The van der Waals surface area contributed by atoms with Crippen molar-refractivity contribution in [3.8, 4) is 46.0 Å². The predicted octanol–water partition coefficient (Wildman–Crippen LogP) is 14.0.